The van der Waals surface area contributed by atoms with Gasteiger partial charge in [-0.1, -0.05) is 29.3 Å². The number of nitrogens with one attached hydrogen (secondary N) is 1. The molecule has 27 heavy (non-hydrogen) atoms. The number of hydrogen-bond acceptors (Lipinski definition) is 3. The summed E-state index contributed by atoms with van der Waals surface area (Å²) >= 11 is 12.2. The Balaban J connectivity index is 1.93. The molecule has 1 atom stereocenters. The molecule has 0 saturated heterocycles. The number of hydrogen-bond donors (Lipinski definition) is 1. The molecule has 0 spiro atoms. The molecule has 5 nitrogen and oxygen atoms in total. The fourth-order valence-electron chi connectivity index (χ4n) is 2.90. The number of anilines is 2. The normalized spacial score (nSPS) is 16.4. The molecule has 1 unspecified atom stereocenters. The predicted molar refractivity (Wildman–Crippen MR) is 108 cm³/mol. The predicted octanol–water partition coefficient (Wildman–Crippen LogP) is 4.83. The van der Waals surface area contributed by atoms with Crippen LogP contribution in [0.5, 0.6) is 5.75 Å². The van der Waals surface area contributed by atoms with E-state index in [0.29, 0.717) is 27.2 Å². The van der Waals surface area contributed by atoms with Crippen molar-refractivity contribution in [3.05, 3.63) is 52.0 Å². The smallest absolute Gasteiger partial charge is 0.271 e. The minimum Gasteiger partial charge on any atom is -0.476 e. The van der Waals surface area contributed by atoms with Crippen molar-refractivity contribution in [2.24, 2.45) is 0 Å². The first kappa shape index (κ1) is 19.5. The van der Waals surface area contributed by atoms with E-state index in [2.05, 4.69) is 5.32 Å². The van der Waals surface area contributed by atoms with Crippen molar-refractivity contribution >= 4 is 46.4 Å². The summed E-state index contributed by atoms with van der Waals surface area (Å²) in [5.74, 6) is -0.157. The fraction of sp³-hybridized carbons (Fsp3) is 0.300. The Hall–Kier alpha value is -2.24. The third-order valence-electron chi connectivity index (χ3n) is 4.49. The van der Waals surface area contributed by atoms with Gasteiger partial charge in [0.1, 0.15) is 11.8 Å². The molecule has 2 amide bonds. The summed E-state index contributed by atoms with van der Waals surface area (Å²) in [4.78, 5) is 27.2. The zero-order chi connectivity index (χ0) is 19.9. The van der Waals surface area contributed by atoms with Crippen molar-refractivity contribution in [2.75, 3.05) is 10.2 Å². The summed E-state index contributed by atoms with van der Waals surface area (Å²) in [6.07, 6.45) is 0. The van der Waals surface area contributed by atoms with Crippen LogP contribution in [0.15, 0.2) is 36.4 Å². The highest BCUT2D eigenvalue weighted by Crippen LogP contribution is 2.40. The van der Waals surface area contributed by atoms with Gasteiger partial charge >= 0.3 is 0 Å². The molecule has 0 saturated carbocycles. The molecular formula is C20H20Cl2N2O3. The maximum Gasteiger partial charge on any atom is 0.271 e. The van der Waals surface area contributed by atoms with Crippen molar-refractivity contribution in [1.29, 1.82) is 0 Å². The van der Waals surface area contributed by atoms with Gasteiger partial charge in [-0.2, -0.15) is 0 Å². The van der Waals surface area contributed by atoms with E-state index >= 15 is 0 Å². The lowest BCUT2D eigenvalue weighted by Crippen LogP contribution is -2.57. The van der Waals surface area contributed by atoms with Gasteiger partial charge < -0.3 is 10.1 Å². The molecule has 3 rings (SSSR count). The molecule has 1 aliphatic heterocycles. The van der Waals surface area contributed by atoms with Gasteiger partial charge in [0.25, 0.3) is 5.91 Å². The molecule has 1 aliphatic rings. The van der Waals surface area contributed by atoms with Gasteiger partial charge in [0, 0.05) is 15.7 Å². The number of fused-ring (bicyclic) bond motifs is 1. The van der Waals surface area contributed by atoms with E-state index in [4.69, 9.17) is 27.9 Å². The first-order valence-electron chi connectivity index (χ1n) is 8.49. The van der Waals surface area contributed by atoms with Crippen molar-refractivity contribution in [2.45, 2.75) is 39.3 Å². The van der Waals surface area contributed by atoms with E-state index in [0.717, 1.165) is 5.56 Å². The number of aryl methyl sites for hydroxylation is 1. The second kappa shape index (κ2) is 7.06. The Labute approximate surface area is 168 Å². The third-order valence-corrected chi connectivity index (χ3v) is 5.13. The van der Waals surface area contributed by atoms with Crippen LogP contribution in [0.4, 0.5) is 11.4 Å². The van der Waals surface area contributed by atoms with Crippen LogP contribution < -0.4 is 15.0 Å². The Kier molecular flexibility index (Phi) is 5.10. The summed E-state index contributed by atoms with van der Waals surface area (Å²) in [5.41, 5.74) is 0.851. The van der Waals surface area contributed by atoms with Crippen LogP contribution in [0.2, 0.25) is 10.0 Å². The maximum absolute atomic E-state index is 13.0. The number of benzene rings is 2. The monoisotopic (exact) mass is 406 g/mol. The van der Waals surface area contributed by atoms with Crippen molar-refractivity contribution < 1.29 is 14.3 Å². The second-order valence-electron chi connectivity index (χ2n) is 7.03. The zero-order valence-electron chi connectivity index (χ0n) is 15.5. The second-order valence-corrected chi connectivity index (χ2v) is 7.87. The number of carbonyl (C=O) groups excluding carboxylic acids is 2. The summed E-state index contributed by atoms with van der Waals surface area (Å²) in [5, 5.41) is 3.82. The number of amides is 2. The molecule has 2 aromatic rings. The number of carbonyl (C=O) groups is 2. The summed E-state index contributed by atoms with van der Waals surface area (Å²) in [6.45, 7) is 6.88. The number of nitrogens with zero attached hydrogens (tertiary/aromatic N) is 1. The fourth-order valence-corrected chi connectivity index (χ4v) is 3.25. The molecule has 0 radical (unpaired) electrons. The van der Waals surface area contributed by atoms with Gasteiger partial charge in [-0.15, -0.1) is 0 Å². The van der Waals surface area contributed by atoms with E-state index in [-0.39, 0.29) is 11.8 Å². The minimum absolute atomic E-state index is 0.318. The van der Waals surface area contributed by atoms with Gasteiger partial charge in [-0.3, -0.25) is 14.5 Å². The molecule has 2 aromatic carbocycles. The van der Waals surface area contributed by atoms with Crippen LogP contribution in [0, 0.1) is 6.92 Å². The molecule has 7 heteroatoms. The molecule has 0 fully saturated rings. The molecular weight excluding hydrogens is 387 g/mol. The van der Waals surface area contributed by atoms with Gasteiger partial charge in [-0.05, 0) is 63.6 Å². The van der Waals surface area contributed by atoms with E-state index in [1.807, 2.05) is 13.0 Å². The molecule has 0 bridgehead atoms. The molecule has 1 N–H and O–H groups in total. The lowest BCUT2D eigenvalue weighted by atomic mass is 10.0. The SMILES string of the molecule is Cc1ccc(NC(=O)C(C)N2C(=O)C(C)(C)Oc3ccc(Cl)cc32)cc1Cl. The Morgan fingerprint density at radius 1 is 1.19 bits per heavy atom. The molecule has 1 heterocycles. The highest BCUT2D eigenvalue weighted by Gasteiger charge is 2.44. The van der Waals surface area contributed by atoms with Crippen LogP contribution in [0.1, 0.15) is 26.3 Å². The molecule has 142 valence electrons. The maximum atomic E-state index is 13.0. The first-order valence-corrected chi connectivity index (χ1v) is 9.25. The largest absolute Gasteiger partial charge is 0.476 e. The van der Waals surface area contributed by atoms with Crippen molar-refractivity contribution in [3.63, 3.8) is 0 Å². The highest BCUT2D eigenvalue weighted by atomic mass is 35.5. The van der Waals surface area contributed by atoms with Crippen molar-refractivity contribution in [3.8, 4) is 5.75 Å². The Morgan fingerprint density at radius 2 is 1.89 bits per heavy atom. The van der Waals surface area contributed by atoms with E-state index in [1.165, 1.54) is 4.90 Å². The Morgan fingerprint density at radius 3 is 2.56 bits per heavy atom. The highest BCUT2D eigenvalue weighted by molar-refractivity contribution is 6.32. The average Bonchev–Trinajstić information content (AvgIpc) is 2.59. The van der Waals surface area contributed by atoms with Crippen LogP contribution in [-0.2, 0) is 9.59 Å². The number of halogens is 2. The standard InChI is InChI=1S/C20H20Cl2N2O3/c1-11-5-7-14(10-15(11)22)23-18(25)12(2)24-16-9-13(21)6-8-17(16)27-20(3,4)19(24)26/h5-10,12H,1-4H3,(H,23,25). The number of ether oxygens (including phenoxy) is 1. The van der Waals surface area contributed by atoms with E-state index < -0.39 is 11.6 Å². The van der Waals surface area contributed by atoms with Crippen LogP contribution >= 0.6 is 23.2 Å². The third kappa shape index (κ3) is 3.75. The Bertz CT molecular complexity index is 927. The lowest BCUT2D eigenvalue weighted by Gasteiger charge is -2.41. The van der Waals surface area contributed by atoms with Crippen LogP contribution in [0.3, 0.4) is 0 Å². The summed E-state index contributed by atoms with van der Waals surface area (Å²) < 4.78 is 5.79. The quantitative estimate of drug-likeness (QED) is 0.793. The lowest BCUT2D eigenvalue weighted by molar-refractivity contribution is -0.134. The summed E-state index contributed by atoms with van der Waals surface area (Å²) in [6, 6.07) is 9.49. The first-order chi connectivity index (χ1) is 12.6. The van der Waals surface area contributed by atoms with E-state index in [1.54, 1.807) is 51.1 Å². The minimum atomic E-state index is -1.09. The van der Waals surface area contributed by atoms with E-state index in [9.17, 15) is 9.59 Å². The van der Waals surface area contributed by atoms with Crippen molar-refractivity contribution in [1.82, 2.24) is 0 Å². The van der Waals surface area contributed by atoms with Gasteiger partial charge in [0.2, 0.25) is 5.91 Å². The topological polar surface area (TPSA) is 58.6 Å². The van der Waals surface area contributed by atoms with Gasteiger partial charge in [0.05, 0.1) is 5.69 Å². The molecule has 0 aliphatic carbocycles. The number of rotatable bonds is 3. The molecule has 0 aromatic heterocycles. The van der Waals surface area contributed by atoms with Crippen LogP contribution in [0.25, 0.3) is 0 Å². The average molecular weight is 407 g/mol. The summed E-state index contributed by atoms with van der Waals surface area (Å²) in [7, 11) is 0. The van der Waals surface area contributed by atoms with Crippen LogP contribution in [-0.4, -0.2) is 23.5 Å². The van der Waals surface area contributed by atoms with Gasteiger partial charge in [0.15, 0.2) is 5.60 Å². The van der Waals surface area contributed by atoms with Gasteiger partial charge in [-0.25, -0.2) is 0 Å². The zero-order valence-corrected chi connectivity index (χ0v) is 17.0.